The second-order valence-electron chi connectivity index (χ2n) is 4.46. The van der Waals surface area contributed by atoms with E-state index in [0.29, 0.717) is 12.6 Å². The zero-order chi connectivity index (χ0) is 12.7. The van der Waals surface area contributed by atoms with Gasteiger partial charge in [0, 0.05) is 19.7 Å². The van der Waals surface area contributed by atoms with E-state index >= 15 is 0 Å². The van der Waals surface area contributed by atoms with Crippen LogP contribution in [-0.4, -0.2) is 37.0 Å². The van der Waals surface area contributed by atoms with Gasteiger partial charge in [0.25, 0.3) is 0 Å². The van der Waals surface area contributed by atoms with Crippen molar-refractivity contribution in [3.05, 3.63) is 35.9 Å². The molecule has 94 valence electrons. The van der Waals surface area contributed by atoms with Crippen molar-refractivity contribution in [1.29, 1.82) is 0 Å². The van der Waals surface area contributed by atoms with Crippen molar-refractivity contribution < 1.29 is 9.53 Å². The van der Waals surface area contributed by atoms with Crippen LogP contribution >= 0.6 is 0 Å². The maximum atomic E-state index is 11.6. The summed E-state index contributed by atoms with van der Waals surface area (Å²) in [5.74, 6) is 0.122. The molecule has 17 heavy (non-hydrogen) atoms. The number of hydrogen-bond acceptors (Lipinski definition) is 3. The Morgan fingerprint density at radius 1 is 1.29 bits per heavy atom. The first-order valence-corrected chi connectivity index (χ1v) is 5.92. The molecule has 0 aromatic heterocycles. The SMILES string of the molecule is COCC(=O)CN(Cc1ccccc1)C(C)C. The van der Waals surface area contributed by atoms with E-state index in [4.69, 9.17) is 4.74 Å². The molecule has 0 unspecified atom stereocenters. The predicted octanol–water partition coefficient (Wildman–Crippen LogP) is 2.11. The van der Waals surface area contributed by atoms with Gasteiger partial charge in [-0.3, -0.25) is 9.69 Å². The van der Waals surface area contributed by atoms with E-state index in [1.807, 2.05) is 18.2 Å². The number of nitrogens with zero attached hydrogens (tertiary/aromatic N) is 1. The minimum atomic E-state index is 0.122. The number of carbonyl (C=O) groups excluding carboxylic acids is 1. The zero-order valence-electron chi connectivity index (χ0n) is 10.8. The summed E-state index contributed by atoms with van der Waals surface area (Å²) < 4.78 is 4.86. The second kappa shape index (κ2) is 7.20. The number of benzene rings is 1. The Morgan fingerprint density at radius 3 is 2.47 bits per heavy atom. The van der Waals surface area contributed by atoms with E-state index in [-0.39, 0.29) is 12.4 Å². The highest BCUT2D eigenvalue weighted by molar-refractivity contribution is 5.81. The monoisotopic (exact) mass is 235 g/mol. The largest absolute Gasteiger partial charge is 0.377 e. The van der Waals surface area contributed by atoms with Crippen LogP contribution in [0, 0.1) is 0 Å². The van der Waals surface area contributed by atoms with Gasteiger partial charge in [-0.1, -0.05) is 30.3 Å². The third-order valence-corrected chi connectivity index (χ3v) is 2.64. The highest BCUT2D eigenvalue weighted by atomic mass is 16.5. The summed E-state index contributed by atoms with van der Waals surface area (Å²) in [6.07, 6.45) is 0. The van der Waals surface area contributed by atoms with Crippen molar-refractivity contribution >= 4 is 5.78 Å². The van der Waals surface area contributed by atoms with E-state index in [9.17, 15) is 4.79 Å². The number of methoxy groups -OCH3 is 1. The Labute approximate surface area is 103 Å². The maximum Gasteiger partial charge on any atom is 0.172 e. The van der Waals surface area contributed by atoms with Crippen molar-refractivity contribution in [2.45, 2.75) is 26.4 Å². The average molecular weight is 235 g/mol. The van der Waals surface area contributed by atoms with Crippen LogP contribution in [0.5, 0.6) is 0 Å². The standard InChI is InChI=1S/C14H21NO2/c1-12(2)15(10-14(16)11-17-3)9-13-7-5-4-6-8-13/h4-8,12H,9-11H2,1-3H3. The molecular weight excluding hydrogens is 214 g/mol. The van der Waals surface area contributed by atoms with Gasteiger partial charge >= 0.3 is 0 Å². The highest BCUT2D eigenvalue weighted by Crippen LogP contribution is 2.07. The number of hydrogen-bond donors (Lipinski definition) is 0. The van der Waals surface area contributed by atoms with Crippen LogP contribution in [0.15, 0.2) is 30.3 Å². The quantitative estimate of drug-likeness (QED) is 0.725. The lowest BCUT2D eigenvalue weighted by atomic mass is 10.2. The summed E-state index contributed by atoms with van der Waals surface area (Å²) in [5, 5.41) is 0. The molecule has 0 spiro atoms. The third-order valence-electron chi connectivity index (χ3n) is 2.64. The van der Waals surface area contributed by atoms with Gasteiger partial charge in [-0.2, -0.15) is 0 Å². The predicted molar refractivity (Wildman–Crippen MR) is 68.9 cm³/mol. The Kier molecular flexibility index (Phi) is 5.87. The molecule has 0 radical (unpaired) electrons. The van der Waals surface area contributed by atoms with Gasteiger partial charge in [-0.25, -0.2) is 0 Å². The van der Waals surface area contributed by atoms with Gasteiger partial charge in [0.1, 0.15) is 6.61 Å². The van der Waals surface area contributed by atoms with Crippen molar-refractivity contribution in [1.82, 2.24) is 4.90 Å². The maximum absolute atomic E-state index is 11.6. The average Bonchev–Trinajstić information content (AvgIpc) is 2.29. The molecule has 0 aliphatic carbocycles. The van der Waals surface area contributed by atoms with Crippen LogP contribution in [-0.2, 0) is 16.1 Å². The van der Waals surface area contributed by atoms with Crippen molar-refractivity contribution in [3.8, 4) is 0 Å². The first-order valence-electron chi connectivity index (χ1n) is 5.92. The minimum absolute atomic E-state index is 0.122. The zero-order valence-corrected chi connectivity index (χ0v) is 10.8. The second-order valence-corrected chi connectivity index (χ2v) is 4.46. The van der Waals surface area contributed by atoms with Gasteiger partial charge in [0.2, 0.25) is 0 Å². The Hall–Kier alpha value is -1.19. The first kappa shape index (κ1) is 13.9. The molecule has 0 amide bonds. The van der Waals surface area contributed by atoms with Crippen LogP contribution in [0.25, 0.3) is 0 Å². The molecule has 3 nitrogen and oxygen atoms in total. The molecule has 0 aliphatic heterocycles. The molecule has 1 aromatic carbocycles. The van der Waals surface area contributed by atoms with E-state index in [1.54, 1.807) is 7.11 Å². The topological polar surface area (TPSA) is 29.5 Å². The molecular formula is C14H21NO2. The molecule has 0 bridgehead atoms. The Bertz CT molecular complexity index is 335. The smallest absolute Gasteiger partial charge is 0.172 e. The van der Waals surface area contributed by atoms with E-state index in [2.05, 4.69) is 30.9 Å². The number of ketones is 1. The molecule has 0 aliphatic rings. The van der Waals surface area contributed by atoms with Gasteiger partial charge in [-0.15, -0.1) is 0 Å². The highest BCUT2D eigenvalue weighted by Gasteiger charge is 2.14. The van der Waals surface area contributed by atoms with Crippen molar-refractivity contribution in [2.75, 3.05) is 20.3 Å². The van der Waals surface area contributed by atoms with Crippen LogP contribution < -0.4 is 0 Å². The van der Waals surface area contributed by atoms with Crippen LogP contribution in [0.3, 0.4) is 0 Å². The van der Waals surface area contributed by atoms with Crippen molar-refractivity contribution in [2.24, 2.45) is 0 Å². The summed E-state index contributed by atoms with van der Waals surface area (Å²) in [6.45, 7) is 5.64. The molecule has 1 aromatic rings. The molecule has 0 fully saturated rings. The van der Waals surface area contributed by atoms with Gasteiger partial charge in [0.05, 0.1) is 6.54 Å². The first-order chi connectivity index (χ1) is 8.13. The Balaban J connectivity index is 2.58. The number of ether oxygens (including phenoxy) is 1. The summed E-state index contributed by atoms with van der Waals surface area (Å²) in [5.41, 5.74) is 1.23. The summed E-state index contributed by atoms with van der Waals surface area (Å²) in [6, 6.07) is 10.5. The molecule has 0 heterocycles. The molecule has 1 rings (SSSR count). The molecule has 0 atom stereocenters. The van der Waals surface area contributed by atoms with Gasteiger partial charge in [0.15, 0.2) is 5.78 Å². The van der Waals surface area contributed by atoms with E-state index in [0.717, 1.165) is 6.54 Å². The van der Waals surface area contributed by atoms with Gasteiger partial charge in [-0.05, 0) is 19.4 Å². The number of carbonyl (C=O) groups is 1. The number of rotatable bonds is 7. The van der Waals surface area contributed by atoms with E-state index in [1.165, 1.54) is 5.56 Å². The minimum Gasteiger partial charge on any atom is -0.377 e. The normalized spacial score (nSPS) is 11.1. The molecule has 0 saturated carbocycles. The van der Waals surface area contributed by atoms with Crippen molar-refractivity contribution in [3.63, 3.8) is 0 Å². The third kappa shape index (κ3) is 5.11. The molecule has 0 saturated heterocycles. The lowest BCUT2D eigenvalue weighted by Crippen LogP contribution is -2.36. The molecule has 0 N–H and O–H groups in total. The van der Waals surface area contributed by atoms with E-state index < -0.39 is 0 Å². The van der Waals surface area contributed by atoms with Crippen LogP contribution in [0.2, 0.25) is 0 Å². The van der Waals surface area contributed by atoms with Gasteiger partial charge < -0.3 is 4.74 Å². The summed E-state index contributed by atoms with van der Waals surface area (Å²) in [4.78, 5) is 13.7. The van der Waals surface area contributed by atoms with Crippen LogP contribution in [0.1, 0.15) is 19.4 Å². The fourth-order valence-corrected chi connectivity index (χ4v) is 1.67. The van der Waals surface area contributed by atoms with Crippen LogP contribution in [0.4, 0.5) is 0 Å². The fourth-order valence-electron chi connectivity index (χ4n) is 1.67. The fraction of sp³-hybridized carbons (Fsp3) is 0.500. The lowest BCUT2D eigenvalue weighted by molar-refractivity contribution is -0.124. The number of Topliss-reactive ketones (excluding diaryl/α,β-unsaturated/α-hetero) is 1. The summed E-state index contributed by atoms with van der Waals surface area (Å²) >= 11 is 0. The molecule has 3 heteroatoms. The Morgan fingerprint density at radius 2 is 1.94 bits per heavy atom. The summed E-state index contributed by atoms with van der Waals surface area (Å²) in [7, 11) is 1.55. The lowest BCUT2D eigenvalue weighted by Gasteiger charge is -2.25.